The molecule has 0 radical (unpaired) electrons. The maximum atomic E-state index is 3.50. The number of halogens is 1. The SMILES string of the molecule is CN(C)C1CC2(CCNCC2)c2ccccc21.Cl. The normalized spacial score (nSPS) is 24.9. The standard InChI is InChI=1S/C15H22N2.ClH/c1-17(2)14-11-15(7-9-16-10-8-15)13-6-4-3-5-12(13)14;/h3-6,14,16H,7-11H2,1-2H3;1H. The van der Waals surface area contributed by atoms with Gasteiger partial charge in [-0.1, -0.05) is 24.3 Å². The van der Waals surface area contributed by atoms with Gasteiger partial charge in [0.05, 0.1) is 0 Å². The highest BCUT2D eigenvalue weighted by Crippen LogP contribution is 2.51. The molecular weight excluding hydrogens is 244 g/mol. The Labute approximate surface area is 116 Å². The molecule has 1 aliphatic heterocycles. The van der Waals surface area contributed by atoms with E-state index in [9.17, 15) is 0 Å². The third kappa shape index (κ3) is 2.07. The second-order valence-corrected chi connectivity index (χ2v) is 5.80. The minimum absolute atomic E-state index is 0. The minimum Gasteiger partial charge on any atom is -0.317 e. The molecule has 0 amide bonds. The molecule has 3 rings (SSSR count). The van der Waals surface area contributed by atoms with Crippen molar-refractivity contribution in [1.29, 1.82) is 0 Å². The smallest absolute Gasteiger partial charge is 0.0353 e. The van der Waals surface area contributed by atoms with Gasteiger partial charge in [-0.3, -0.25) is 0 Å². The van der Waals surface area contributed by atoms with Crippen LogP contribution in [-0.4, -0.2) is 32.1 Å². The maximum Gasteiger partial charge on any atom is 0.0353 e. The number of benzene rings is 1. The van der Waals surface area contributed by atoms with Gasteiger partial charge in [-0.2, -0.15) is 0 Å². The molecule has 0 aromatic heterocycles. The van der Waals surface area contributed by atoms with Crippen LogP contribution in [0.5, 0.6) is 0 Å². The molecule has 1 atom stereocenters. The van der Waals surface area contributed by atoms with E-state index in [0.717, 1.165) is 0 Å². The number of nitrogens with one attached hydrogen (secondary N) is 1. The van der Waals surface area contributed by atoms with Crippen molar-refractivity contribution < 1.29 is 0 Å². The molecule has 100 valence electrons. The fourth-order valence-electron chi connectivity index (χ4n) is 3.70. The molecule has 2 aliphatic rings. The molecule has 1 unspecified atom stereocenters. The van der Waals surface area contributed by atoms with Crippen LogP contribution >= 0.6 is 12.4 Å². The van der Waals surface area contributed by atoms with Gasteiger partial charge in [-0.25, -0.2) is 0 Å². The molecule has 1 aromatic rings. The highest BCUT2D eigenvalue weighted by Gasteiger charge is 2.44. The lowest BCUT2D eigenvalue weighted by atomic mass is 9.74. The van der Waals surface area contributed by atoms with E-state index in [-0.39, 0.29) is 12.4 Å². The summed E-state index contributed by atoms with van der Waals surface area (Å²) in [7, 11) is 4.42. The predicted octanol–water partition coefficient (Wildman–Crippen LogP) is 2.74. The van der Waals surface area contributed by atoms with Crippen molar-refractivity contribution in [3.63, 3.8) is 0 Å². The molecule has 1 heterocycles. The van der Waals surface area contributed by atoms with Gasteiger partial charge in [-0.05, 0) is 63.0 Å². The number of hydrogen-bond donors (Lipinski definition) is 1. The summed E-state index contributed by atoms with van der Waals surface area (Å²) < 4.78 is 0. The van der Waals surface area contributed by atoms with Gasteiger partial charge >= 0.3 is 0 Å². The van der Waals surface area contributed by atoms with Gasteiger partial charge in [0.25, 0.3) is 0 Å². The maximum absolute atomic E-state index is 3.50. The molecule has 3 heteroatoms. The van der Waals surface area contributed by atoms with Crippen LogP contribution < -0.4 is 5.32 Å². The van der Waals surface area contributed by atoms with Crippen molar-refractivity contribution in [2.24, 2.45) is 0 Å². The quantitative estimate of drug-likeness (QED) is 0.841. The van der Waals surface area contributed by atoms with Gasteiger partial charge in [-0.15, -0.1) is 12.4 Å². The average molecular weight is 267 g/mol. The zero-order valence-electron chi connectivity index (χ0n) is 11.3. The van der Waals surface area contributed by atoms with E-state index in [1.807, 2.05) is 0 Å². The summed E-state index contributed by atoms with van der Waals surface area (Å²) in [6, 6.07) is 9.71. The van der Waals surface area contributed by atoms with Crippen LogP contribution in [0.4, 0.5) is 0 Å². The van der Waals surface area contributed by atoms with Gasteiger partial charge < -0.3 is 10.2 Å². The van der Waals surface area contributed by atoms with E-state index in [4.69, 9.17) is 0 Å². The fourth-order valence-corrected chi connectivity index (χ4v) is 3.70. The number of rotatable bonds is 1. The average Bonchev–Trinajstić information content (AvgIpc) is 2.66. The molecule has 1 fully saturated rings. The predicted molar refractivity (Wildman–Crippen MR) is 78.5 cm³/mol. The van der Waals surface area contributed by atoms with Crippen molar-refractivity contribution in [1.82, 2.24) is 10.2 Å². The largest absolute Gasteiger partial charge is 0.317 e. The first-order valence-corrected chi connectivity index (χ1v) is 6.69. The second-order valence-electron chi connectivity index (χ2n) is 5.80. The van der Waals surface area contributed by atoms with Crippen LogP contribution in [-0.2, 0) is 5.41 Å². The Morgan fingerprint density at radius 2 is 1.83 bits per heavy atom. The minimum atomic E-state index is 0. The summed E-state index contributed by atoms with van der Waals surface area (Å²) in [5, 5.41) is 3.50. The van der Waals surface area contributed by atoms with Crippen LogP contribution in [0, 0.1) is 0 Å². The molecule has 1 aliphatic carbocycles. The van der Waals surface area contributed by atoms with E-state index in [2.05, 4.69) is 48.6 Å². The summed E-state index contributed by atoms with van der Waals surface area (Å²) in [4.78, 5) is 2.38. The van der Waals surface area contributed by atoms with Crippen molar-refractivity contribution in [3.8, 4) is 0 Å². The van der Waals surface area contributed by atoms with E-state index < -0.39 is 0 Å². The van der Waals surface area contributed by atoms with Crippen LogP contribution in [0.15, 0.2) is 24.3 Å². The molecule has 0 saturated carbocycles. The first-order valence-electron chi connectivity index (χ1n) is 6.69. The van der Waals surface area contributed by atoms with Gasteiger partial charge in [0.1, 0.15) is 0 Å². The van der Waals surface area contributed by atoms with Crippen LogP contribution in [0.1, 0.15) is 36.4 Å². The first kappa shape index (κ1) is 13.9. The fraction of sp³-hybridized carbons (Fsp3) is 0.600. The number of piperidine rings is 1. The Kier molecular flexibility index (Phi) is 4.00. The van der Waals surface area contributed by atoms with Crippen LogP contribution in [0.2, 0.25) is 0 Å². The Morgan fingerprint density at radius 1 is 1.17 bits per heavy atom. The summed E-state index contributed by atoms with van der Waals surface area (Å²) in [6.45, 7) is 2.35. The first-order chi connectivity index (χ1) is 8.23. The van der Waals surface area contributed by atoms with Gasteiger partial charge in [0.2, 0.25) is 0 Å². The van der Waals surface area contributed by atoms with Crippen LogP contribution in [0.3, 0.4) is 0 Å². The van der Waals surface area contributed by atoms with E-state index in [0.29, 0.717) is 11.5 Å². The summed E-state index contributed by atoms with van der Waals surface area (Å²) in [6.07, 6.45) is 3.91. The molecule has 1 N–H and O–H groups in total. The molecule has 0 bridgehead atoms. The third-order valence-corrected chi connectivity index (χ3v) is 4.66. The molecule has 1 spiro atoms. The van der Waals surface area contributed by atoms with Gasteiger partial charge in [0, 0.05) is 6.04 Å². The monoisotopic (exact) mass is 266 g/mol. The summed E-state index contributed by atoms with van der Waals surface area (Å²) in [5.41, 5.74) is 3.65. The lowest BCUT2D eigenvalue weighted by Gasteiger charge is -2.35. The third-order valence-electron chi connectivity index (χ3n) is 4.66. The Bertz CT molecular complexity index is 411. The number of hydrogen-bond acceptors (Lipinski definition) is 2. The summed E-state index contributed by atoms with van der Waals surface area (Å²) >= 11 is 0. The van der Waals surface area contributed by atoms with Crippen molar-refractivity contribution in [3.05, 3.63) is 35.4 Å². The Hall–Kier alpha value is -0.570. The zero-order valence-corrected chi connectivity index (χ0v) is 12.1. The van der Waals surface area contributed by atoms with Crippen molar-refractivity contribution >= 4 is 12.4 Å². The molecule has 18 heavy (non-hydrogen) atoms. The van der Waals surface area contributed by atoms with E-state index in [1.54, 1.807) is 11.1 Å². The molecule has 2 nitrogen and oxygen atoms in total. The molecule has 1 aromatic carbocycles. The van der Waals surface area contributed by atoms with E-state index in [1.165, 1.54) is 32.4 Å². The summed E-state index contributed by atoms with van der Waals surface area (Å²) in [5.74, 6) is 0. The zero-order chi connectivity index (χ0) is 11.9. The highest BCUT2D eigenvalue weighted by atomic mass is 35.5. The lowest BCUT2D eigenvalue weighted by molar-refractivity contribution is 0.223. The highest BCUT2D eigenvalue weighted by molar-refractivity contribution is 5.85. The lowest BCUT2D eigenvalue weighted by Crippen LogP contribution is -2.38. The number of nitrogens with zero attached hydrogens (tertiary/aromatic N) is 1. The van der Waals surface area contributed by atoms with E-state index >= 15 is 0 Å². The van der Waals surface area contributed by atoms with Crippen LogP contribution in [0.25, 0.3) is 0 Å². The van der Waals surface area contributed by atoms with Gasteiger partial charge in [0.15, 0.2) is 0 Å². The van der Waals surface area contributed by atoms with Crippen molar-refractivity contribution in [2.45, 2.75) is 30.7 Å². The van der Waals surface area contributed by atoms with Crippen molar-refractivity contribution in [2.75, 3.05) is 27.2 Å². The second kappa shape index (κ2) is 5.20. The molecule has 1 saturated heterocycles. The topological polar surface area (TPSA) is 15.3 Å². The number of fused-ring (bicyclic) bond motifs is 2. The molecular formula is C15H23ClN2. The Morgan fingerprint density at radius 3 is 2.50 bits per heavy atom. The Balaban J connectivity index is 0.00000120.